The van der Waals surface area contributed by atoms with Crippen molar-refractivity contribution in [3.8, 4) is 0 Å². The third-order valence-corrected chi connectivity index (χ3v) is 4.93. The minimum absolute atomic E-state index is 0.0904. The minimum Gasteiger partial charge on any atom is -0.349 e. The Kier molecular flexibility index (Phi) is 5.80. The van der Waals surface area contributed by atoms with Crippen LogP contribution in [0.15, 0.2) is 24.3 Å². The molecule has 0 aliphatic heterocycles. The maximum atomic E-state index is 12.6. The Morgan fingerprint density at radius 1 is 1.24 bits per heavy atom. The molecule has 1 fully saturated rings. The molecule has 2 rings (SSSR count). The van der Waals surface area contributed by atoms with E-state index in [0.717, 1.165) is 30.5 Å². The maximum absolute atomic E-state index is 12.6. The van der Waals surface area contributed by atoms with Gasteiger partial charge in [0, 0.05) is 11.6 Å². The summed E-state index contributed by atoms with van der Waals surface area (Å²) in [4.78, 5) is 12.6. The summed E-state index contributed by atoms with van der Waals surface area (Å²) in [5, 5.41) is 6.42. The van der Waals surface area contributed by atoms with Crippen LogP contribution in [0.1, 0.15) is 49.0 Å². The third kappa shape index (κ3) is 4.07. The zero-order valence-electron chi connectivity index (χ0n) is 13.5. The summed E-state index contributed by atoms with van der Waals surface area (Å²) >= 11 is 0. The van der Waals surface area contributed by atoms with Gasteiger partial charge in [0.2, 0.25) is 0 Å². The van der Waals surface area contributed by atoms with E-state index < -0.39 is 0 Å². The predicted molar refractivity (Wildman–Crippen MR) is 87.5 cm³/mol. The van der Waals surface area contributed by atoms with Gasteiger partial charge in [0.25, 0.3) is 5.91 Å². The molecule has 3 atom stereocenters. The number of carbonyl (C=O) groups excluding carboxylic acids is 1. The van der Waals surface area contributed by atoms with E-state index in [9.17, 15) is 4.79 Å². The van der Waals surface area contributed by atoms with E-state index in [-0.39, 0.29) is 5.91 Å². The van der Waals surface area contributed by atoms with Crippen LogP contribution < -0.4 is 10.6 Å². The molecule has 0 spiro atoms. The topological polar surface area (TPSA) is 41.1 Å². The second kappa shape index (κ2) is 7.60. The molecule has 3 nitrogen and oxygen atoms in total. The van der Waals surface area contributed by atoms with Crippen molar-refractivity contribution in [2.24, 2.45) is 11.8 Å². The van der Waals surface area contributed by atoms with E-state index in [2.05, 4.69) is 30.5 Å². The summed E-state index contributed by atoms with van der Waals surface area (Å²) in [6, 6.07) is 8.27. The molecule has 0 radical (unpaired) electrons. The van der Waals surface area contributed by atoms with Crippen molar-refractivity contribution in [1.29, 1.82) is 0 Å². The number of likely N-dealkylation sites (N-methyl/N-ethyl adjacent to an activating group) is 1. The lowest BCUT2D eigenvalue weighted by molar-refractivity contribution is 0.0890. The highest BCUT2D eigenvalue weighted by molar-refractivity contribution is 5.95. The van der Waals surface area contributed by atoms with E-state index in [4.69, 9.17) is 0 Å². The number of hydrogen-bond donors (Lipinski definition) is 2. The molecule has 0 bridgehead atoms. The first-order valence-electron chi connectivity index (χ1n) is 8.17. The summed E-state index contributed by atoms with van der Waals surface area (Å²) in [5.74, 6) is 1.35. The van der Waals surface area contributed by atoms with Crippen LogP contribution in [-0.2, 0) is 6.42 Å². The van der Waals surface area contributed by atoms with Crippen molar-refractivity contribution in [3.05, 3.63) is 35.4 Å². The van der Waals surface area contributed by atoms with Gasteiger partial charge in [0.1, 0.15) is 0 Å². The fourth-order valence-electron chi connectivity index (χ4n) is 3.25. The van der Waals surface area contributed by atoms with Crippen LogP contribution >= 0.6 is 0 Å². The Balaban J connectivity index is 2.06. The lowest BCUT2D eigenvalue weighted by Gasteiger charge is -2.34. The fraction of sp³-hybridized carbons (Fsp3) is 0.611. The van der Waals surface area contributed by atoms with Gasteiger partial charge < -0.3 is 10.6 Å². The highest BCUT2D eigenvalue weighted by Gasteiger charge is 2.28. The van der Waals surface area contributed by atoms with Gasteiger partial charge in [-0.15, -0.1) is 0 Å². The Bertz CT molecular complexity index is 472. The first-order chi connectivity index (χ1) is 10.1. The van der Waals surface area contributed by atoms with Crippen molar-refractivity contribution in [3.63, 3.8) is 0 Å². The normalized spacial score (nSPS) is 25.6. The SMILES string of the molecule is CNCCc1ccccc1C(=O)NC1CCCC(C)C1C. The second-order valence-electron chi connectivity index (χ2n) is 6.36. The largest absolute Gasteiger partial charge is 0.349 e. The number of hydrogen-bond acceptors (Lipinski definition) is 2. The molecule has 0 aromatic heterocycles. The van der Waals surface area contributed by atoms with Gasteiger partial charge in [-0.2, -0.15) is 0 Å². The van der Waals surface area contributed by atoms with E-state index in [1.807, 2.05) is 25.2 Å². The lowest BCUT2D eigenvalue weighted by Crippen LogP contribution is -2.44. The van der Waals surface area contributed by atoms with E-state index >= 15 is 0 Å². The average molecular weight is 288 g/mol. The van der Waals surface area contributed by atoms with Crippen LogP contribution in [0, 0.1) is 11.8 Å². The van der Waals surface area contributed by atoms with Crippen LogP contribution in [-0.4, -0.2) is 25.5 Å². The highest BCUT2D eigenvalue weighted by atomic mass is 16.1. The molecule has 0 saturated heterocycles. The zero-order chi connectivity index (χ0) is 15.2. The van der Waals surface area contributed by atoms with E-state index in [1.165, 1.54) is 12.8 Å². The fourth-order valence-corrected chi connectivity index (χ4v) is 3.25. The Labute approximate surface area is 128 Å². The van der Waals surface area contributed by atoms with Gasteiger partial charge in [-0.1, -0.05) is 44.9 Å². The van der Waals surface area contributed by atoms with Crippen LogP contribution in [0.2, 0.25) is 0 Å². The molecule has 21 heavy (non-hydrogen) atoms. The van der Waals surface area contributed by atoms with E-state index in [1.54, 1.807) is 0 Å². The van der Waals surface area contributed by atoms with Gasteiger partial charge in [-0.3, -0.25) is 4.79 Å². The summed E-state index contributed by atoms with van der Waals surface area (Å²) in [7, 11) is 1.94. The Morgan fingerprint density at radius 2 is 2.00 bits per heavy atom. The zero-order valence-corrected chi connectivity index (χ0v) is 13.5. The molecule has 1 aromatic rings. The molecule has 3 heteroatoms. The molecule has 3 unspecified atom stereocenters. The molecule has 0 heterocycles. The molecule has 1 aliphatic carbocycles. The summed E-state index contributed by atoms with van der Waals surface area (Å²) in [6.45, 7) is 5.45. The molecular formula is C18H28N2O. The maximum Gasteiger partial charge on any atom is 0.251 e. The summed E-state index contributed by atoms with van der Waals surface area (Å²) in [5.41, 5.74) is 1.96. The van der Waals surface area contributed by atoms with Gasteiger partial charge in [0.05, 0.1) is 0 Å². The van der Waals surface area contributed by atoms with Crippen molar-refractivity contribution >= 4 is 5.91 Å². The molecule has 1 aromatic carbocycles. The van der Waals surface area contributed by atoms with Crippen LogP contribution in [0.4, 0.5) is 0 Å². The van der Waals surface area contributed by atoms with Crippen molar-refractivity contribution < 1.29 is 4.79 Å². The van der Waals surface area contributed by atoms with Gasteiger partial charge in [-0.25, -0.2) is 0 Å². The Hall–Kier alpha value is -1.35. The Morgan fingerprint density at radius 3 is 2.76 bits per heavy atom. The van der Waals surface area contributed by atoms with Crippen LogP contribution in [0.3, 0.4) is 0 Å². The number of amides is 1. The number of carbonyl (C=O) groups is 1. The lowest BCUT2D eigenvalue weighted by atomic mass is 9.78. The van der Waals surface area contributed by atoms with Gasteiger partial charge in [-0.05, 0) is 49.9 Å². The number of benzene rings is 1. The first kappa shape index (κ1) is 16.0. The summed E-state index contributed by atoms with van der Waals surface area (Å²) in [6.07, 6.45) is 4.50. The van der Waals surface area contributed by atoms with E-state index in [0.29, 0.717) is 17.9 Å². The number of rotatable bonds is 5. The molecule has 2 N–H and O–H groups in total. The molecule has 116 valence electrons. The average Bonchev–Trinajstić information content (AvgIpc) is 2.50. The smallest absolute Gasteiger partial charge is 0.251 e. The van der Waals surface area contributed by atoms with Crippen molar-refractivity contribution in [1.82, 2.24) is 10.6 Å². The molecule has 1 saturated carbocycles. The van der Waals surface area contributed by atoms with Gasteiger partial charge >= 0.3 is 0 Å². The van der Waals surface area contributed by atoms with Crippen LogP contribution in [0.25, 0.3) is 0 Å². The van der Waals surface area contributed by atoms with Crippen LogP contribution in [0.5, 0.6) is 0 Å². The molecule has 1 amide bonds. The minimum atomic E-state index is 0.0904. The standard InChI is InChI=1S/C18H28N2O/c1-13-7-6-10-17(14(13)2)20-18(21)16-9-5-4-8-15(16)11-12-19-3/h4-5,8-9,13-14,17,19H,6-7,10-12H2,1-3H3,(H,20,21). The van der Waals surface area contributed by atoms with Gasteiger partial charge in [0.15, 0.2) is 0 Å². The monoisotopic (exact) mass is 288 g/mol. The van der Waals surface area contributed by atoms with Crippen molar-refractivity contribution in [2.75, 3.05) is 13.6 Å². The first-order valence-corrected chi connectivity index (χ1v) is 8.17. The second-order valence-corrected chi connectivity index (χ2v) is 6.36. The molecular weight excluding hydrogens is 260 g/mol. The third-order valence-electron chi connectivity index (χ3n) is 4.93. The quantitative estimate of drug-likeness (QED) is 0.874. The highest BCUT2D eigenvalue weighted by Crippen LogP contribution is 2.29. The molecule has 1 aliphatic rings. The van der Waals surface area contributed by atoms with Crippen molar-refractivity contribution in [2.45, 2.75) is 45.6 Å². The predicted octanol–water partition coefficient (Wildman–Crippen LogP) is 3.00. The summed E-state index contributed by atoms with van der Waals surface area (Å²) < 4.78 is 0. The number of nitrogens with one attached hydrogen (secondary N) is 2.